The van der Waals surface area contributed by atoms with E-state index in [1.54, 1.807) is 7.11 Å². The summed E-state index contributed by atoms with van der Waals surface area (Å²) < 4.78 is 10.9. The first-order valence-corrected chi connectivity index (χ1v) is 14.3. The average Bonchev–Trinajstić information content (AvgIpc) is 3.48. The van der Waals surface area contributed by atoms with Crippen LogP contribution in [-0.2, 0) is 11.3 Å². The van der Waals surface area contributed by atoms with E-state index in [1.807, 2.05) is 23.1 Å². The zero-order chi connectivity index (χ0) is 28.1. The van der Waals surface area contributed by atoms with Gasteiger partial charge in [-0.25, -0.2) is 9.78 Å². The molecule has 0 saturated carbocycles. The first kappa shape index (κ1) is 27.8. The van der Waals surface area contributed by atoms with Gasteiger partial charge >= 0.3 is 6.03 Å². The van der Waals surface area contributed by atoms with Crippen LogP contribution in [0.25, 0.3) is 11.1 Å². The van der Waals surface area contributed by atoms with Gasteiger partial charge in [-0.05, 0) is 77.9 Å². The molecule has 8 nitrogen and oxygen atoms in total. The number of anilines is 3. The highest BCUT2D eigenvalue weighted by Crippen LogP contribution is 2.33. The molecule has 0 bridgehead atoms. The molecule has 3 aromatic rings. The van der Waals surface area contributed by atoms with Crippen molar-refractivity contribution in [3.63, 3.8) is 0 Å². The number of likely N-dealkylation sites (tertiary alicyclic amines) is 1. The van der Waals surface area contributed by atoms with E-state index in [1.165, 1.54) is 5.56 Å². The number of pyridine rings is 1. The molecule has 2 saturated heterocycles. The van der Waals surface area contributed by atoms with Gasteiger partial charge in [-0.15, -0.1) is 0 Å². The van der Waals surface area contributed by atoms with E-state index < -0.39 is 0 Å². The molecule has 3 heterocycles. The number of carbonyl (C=O) groups is 1. The highest BCUT2D eigenvalue weighted by Gasteiger charge is 2.25. The Balaban J connectivity index is 1.43. The Hall–Kier alpha value is -3.78. The van der Waals surface area contributed by atoms with E-state index in [4.69, 9.17) is 14.5 Å². The van der Waals surface area contributed by atoms with Crippen molar-refractivity contribution in [2.45, 2.75) is 33.2 Å². The predicted octanol–water partition coefficient (Wildman–Crippen LogP) is 5.80. The number of hydrogen-bond donors (Lipinski definition) is 1. The molecule has 2 aliphatic heterocycles. The van der Waals surface area contributed by atoms with Crippen LogP contribution in [0.15, 0.2) is 54.6 Å². The zero-order valence-corrected chi connectivity index (χ0v) is 24.2. The molecule has 2 amide bonds. The molecule has 0 spiro atoms. The summed E-state index contributed by atoms with van der Waals surface area (Å²) in [7, 11) is 3.75. The summed E-state index contributed by atoms with van der Waals surface area (Å²) >= 11 is 0. The van der Waals surface area contributed by atoms with Crippen molar-refractivity contribution in [3.8, 4) is 16.9 Å². The van der Waals surface area contributed by atoms with Crippen LogP contribution in [-0.4, -0.2) is 69.5 Å². The Kier molecular flexibility index (Phi) is 8.75. The van der Waals surface area contributed by atoms with Gasteiger partial charge in [0.2, 0.25) is 0 Å². The van der Waals surface area contributed by atoms with Crippen LogP contribution in [0.2, 0.25) is 0 Å². The number of rotatable bonds is 8. The third kappa shape index (κ3) is 6.50. The van der Waals surface area contributed by atoms with E-state index in [9.17, 15) is 4.79 Å². The second-order valence-corrected chi connectivity index (χ2v) is 10.8. The average molecular weight is 544 g/mol. The van der Waals surface area contributed by atoms with Crippen molar-refractivity contribution in [1.82, 2.24) is 9.88 Å². The van der Waals surface area contributed by atoms with Gasteiger partial charge < -0.3 is 29.5 Å². The third-order valence-corrected chi connectivity index (χ3v) is 8.05. The van der Waals surface area contributed by atoms with Crippen LogP contribution in [0.1, 0.15) is 30.9 Å². The Morgan fingerprint density at radius 2 is 1.88 bits per heavy atom. The van der Waals surface area contributed by atoms with Crippen molar-refractivity contribution in [1.29, 1.82) is 0 Å². The molecular weight excluding hydrogens is 502 g/mol. The largest absolute Gasteiger partial charge is 0.497 e. The van der Waals surface area contributed by atoms with Gasteiger partial charge in [0.1, 0.15) is 17.4 Å². The van der Waals surface area contributed by atoms with Crippen molar-refractivity contribution in [2.24, 2.45) is 5.92 Å². The number of methoxy groups -OCH3 is 1. The third-order valence-electron chi connectivity index (χ3n) is 8.05. The van der Waals surface area contributed by atoms with E-state index >= 15 is 0 Å². The van der Waals surface area contributed by atoms with Crippen LogP contribution in [0.5, 0.6) is 5.75 Å². The van der Waals surface area contributed by atoms with Crippen LogP contribution < -0.4 is 19.9 Å². The summed E-state index contributed by atoms with van der Waals surface area (Å²) in [5.41, 5.74) is 5.30. The summed E-state index contributed by atoms with van der Waals surface area (Å²) in [6, 6.07) is 18.6. The van der Waals surface area contributed by atoms with Crippen molar-refractivity contribution < 1.29 is 14.3 Å². The molecule has 40 heavy (non-hydrogen) atoms. The molecular formula is C32H41N5O3. The van der Waals surface area contributed by atoms with Crippen LogP contribution in [0.3, 0.4) is 0 Å². The van der Waals surface area contributed by atoms with Gasteiger partial charge in [-0.1, -0.05) is 31.5 Å². The number of carbonyl (C=O) groups excluding carboxylic acids is 1. The predicted molar refractivity (Wildman–Crippen MR) is 162 cm³/mol. The molecule has 2 aliphatic rings. The summed E-state index contributed by atoms with van der Waals surface area (Å²) in [6.45, 7) is 9.68. The molecule has 212 valence electrons. The number of ether oxygens (including phenoxy) is 2. The van der Waals surface area contributed by atoms with Crippen LogP contribution in [0, 0.1) is 12.8 Å². The molecule has 2 aromatic carbocycles. The van der Waals surface area contributed by atoms with Gasteiger partial charge in [0, 0.05) is 45.5 Å². The van der Waals surface area contributed by atoms with Gasteiger partial charge in [-0.3, -0.25) is 0 Å². The fourth-order valence-corrected chi connectivity index (χ4v) is 5.46. The molecule has 1 N–H and O–H groups in total. The van der Waals surface area contributed by atoms with Gasteiger partial charge in [-0.2, -0.15) is 0 Å². The topological polar surface area (TPSA) is 70.2 Å². The fourth-order valence-electron chi connectivity index (χ4n) is 5.46. The number of urea groups is 1. The van der Waals surface area contributed by atoms with E-state index in [-0.39, 0.29) is 6.03 Å². The minimum atomic E-state index is -0.0191. The number of amides is 2. The molecule has 0 unspecified atom stereocenters. The minimum Gasteiger partial charge on any atom is -0.497 e. The van der Waals surface area contributed by atoms with Crippen LogP contribution in [0.4, 0.5) is 22.1 Å². The van der Waals surface area contributed by atoms with Crippen molar-refractivity contribution in [3.05, 3.63) is 65.7 Å². The fraction of sp³-hybridized carbons (Fsp3) is 0.438. The molecule has 1 atom stereocenters. The van der Waals surface area contributed by atoms with E-state index in [0.717, 1.165) is 78.8 Å². The van der Waals surface area contributed by atoms with Crippen LogP contribution >= 0.6 is 0 Å². The lowest BCUT2D eigenvalue weighted by molar-refractivity contribution is 0.122. The lowest BCUT2D eigenvalue weighted by Gasteiger charge is -2.30. The number of aryl methyl sites for hydroxylation is 1. The molecule has 0 radical (unpaired) electrons. The van der Waals surface area contributed by atoms with Crippen molar-refractivity contribution >= 4 is 23.4 Å². The smallest absolute Gasteiger partial charge is 0.321 e. The Bertz CT molecular complexity index is 1310. The molecule has 2 fully saturated rings. The first-order valence-electron chi connectivity index (χ1n) is 14.3. The monoisotopic (exact) mass is 543 g/mol. The maximum absolute atomic E-state index is 13.0. The number of benzene rings is 2. The SMILES string of the molecule is CC[C@@H]1CCN(C(=O)Nc2ccc(C)c(-c3cc(N(C)Cc4ccc(OC)cc4)nc(N4CCOCC4)c3)c2)C1. The maximum Gasteiger partial charge on any atom is 0.321 e. The molecule has 1 aromatic heterocycles. The Labute approximate surface area is 237 Å². The van der Waals surface area contributed by atoms with E-state index in [0.29, 0.717) is 25.7 Å². The number of nitrogens with one attached hydrogen (secondary N) is 1. The molecule has 5 rings (SSSR count). The Morgan fingerprint density at radius 1 is 1.10 bits per heavy atom. The number of morpholine rings is 1. The summed E-state index contributed by atoms with van der Waals surface area (Å²) in [5.74, 6) is 3.28. The lowest BCUT2D eigenvalue weighted by Crippen LogP contribution is -2.37. The van der Waals surface area contributed by atoms with Crippen molar-refractivity contribution in [2.75, 3.05) is 68.7 Å². The second-order valence-electron chi connectivity index (χ2n) is 10.8. The highest BCUT2D eigenvalue weighted by molar-refractivity contribution is 5.91. The molecule has 8 heteroatoms. The normalized spacial score (nSPS) is 17.1. The first-order chi connectivity index (χ1) is 19.4. The van der Waals surface area contributed by atoms with E-state index in [2.05, 4.69) is 72.4 Å². The summed E-state index contributed by atoms with van der Waals surface area (Å²) in [4.78, 5) is 24.5. The quantitative estimate of drug-likeness (QED) is 0.387. The Morgan fingerprint density at radius 3 is 2.58 bits per heavy atom. The van der Waals surface area contributed by atoms with Gasteiger partial charge in [0.15, 0.2) is 0 Å². The lowest BCUT2D eigenvalue weighted by atomic mass is 10.00. The maximum atomic E-state index is 13.0. The number of aromatic nitrogens is 1. The number of hydrogen-bond acceptors (Lipinski definition) is 6. The molecule has 0 aliphatic carbocycles. The second kappa shape index (κ2) is 12.6. The zero-order valence-electron chi connectivity index (χ0n) is 24.2. The van der Waals surface area contributed by atoms with Gasteiger partial charge in [0.25, 0.3) is 0 Å². The number of nitrogens with zero attached hydrogens (tertiary/aromatic N) is 4. The highest BCUT2D eigenvalue weighted by atomic mass is 16.5. The summed E-state index contributed by atoms with van der Waals surface area (Å²) in [6.07, 6.45) is 2.19. The minimum absolute atomic E-state index is 0.0191. The summed E-state index contributed by atoms with van der Waals surface area (Å²) in [5, 5.41) is 3.15. The standard InChI is InChI=1S/C32H41N5O3/c1-5-24-12-13-37(22-24)32(38)33-27-9-6-23(2)29(20-27)26-18-30(34-31(19-26)36-14-16-40-17-15-36)35(3)21-25-7-10-28(39-4)11-8-25/h6-11,18-20,24H,5,12-17,21-22H2,1-4H3,(H,33,38)/t24-/m1/s1. The van der Waals surface area contributed by atoms with Gasteiger partial charge in [0.05, 0.1) is 20.3 Å².